The smallest absolute Gasteiger partial charge is 0.424 e. The van der Waals surface area contributed by atoms with E-state index in [0.717, 1.165) is 12.1 Å². The molecule has 0 aliphatic rings. The van der Waals surface area contributed by atoms with E-state index in [1.54, 1.807) is 64.1 Å². The second-order valence-corrected chi connectivity index (χ2v) is 22.2. The number of amides is 1. The third-order valence-electron chi connectivity index (χ3n) is 12.5. The molecule has 26 heteroatoms. The highest BCUT2D eigenvalue weighted by Gasteiger charge is 2.55. The molecule has 0 bridgehead atoms. The number of halogens is 8. The molecule has 0 fully saturated rings. The van der Waals surface area contributed by atoms with E-state index >= 15 is 0 Å². The number of hydrogen-bond donors (Lipinski definition) is 8. The van der Waals surface area contributed by atoms with Gasteiger partial charge in [0.05, 0.1) is 71.4 Å². The minimum atomic E-state index is -5.15. The summed E-state index contributed by atoms with van der Waals surface area (Å²) in [6.07, 6.45) is -5.83. The van der Waals surface area contributed by atoms with Gasteiger partial charge in [0.15, 0.2) is 28.8 Å². The van der Waals surface area contributed by atoms with E-state index in [1.165, 1.54) is 76.6 Å². The number of aromatic nitrogens is 2. The molecule has 470 valence electrons. The number of hydrogen-bond acceptors (Lipinski definition) is 16. The van der Waals surface area contributed by atoms with Crippen LogP contribution in [-0.4, -0.2) is 112 Å². The van der Waals surface area contributed by atoms with Crippen LogP contribution in [0.4, 0.5) is 26.7 Å². The SMILES string of the molecule is CC(C)(C)OC(=O)NC(C)(C)c1cc(-c2ccc(F)c(Cl)c2)nc(C(O)(CN)C(F)(F)F)c1.COc1cc(C(=O)CCC(C)(O)c2cc(C(C)(C)N)cc(-c3ccc(F)c(Cl)c3)n2)ccc1OCCO.COc1cc(C(=O)O)ccc1OCCO.Cl. The van der Waals surface area contributed by atoms with E-state index in [0.29, 0.717) is 51.1 Å². The van der Waals surface area contributed by atoms with Gasteiger partial charge in [-0.3, -0.25) is 4.79 Å². The fourth-order valence-electron chi connectivity index (χ4n) is 7.71. The van der Waals surface area contributed by atoms with Gasteiger partial charge in [0, 0.05) is 35.2 Å². The number of pyridine rings is 2. The van der Waals surface area contributed by atoms with E-state index < -0.39 is 70.0 Å². The molecule has 0 saturated heterocycles. The van der Waals surface area contributed by atoms with Gasteiger partial charge < -0.3 is 66.0 Å². The average molecular weight is 1270 g/mol. The van der Waals surface area contributed by atoms with Gasteiger partial charge in [-0.05, 0) is 170 Å². The predicted molar refractivity (Wildman–Crippen MR) is 316 cm³/mol. The largest absolute Gasteiger partial charge is 0.493 e. The fourth-order valence-corrected chi connectivity index (χ4v) is 8.07. The number of Topliss-reactive ketones (excluding diaryl/α,β-unsaturated/α-hetero) is 1. The summed E-state index contributed by atoms with van der Waals surface area (Å²) in [6, 6.07) is 22.7. The van der Waals surface area contributed by atoms with Gasteiger partial charge in [-0.15, -0.1) is 12.4 Å². The van der Waals surface area contributed by atoms with Gasteiger partial charge in [0.2, 0.25) is 5.60 Å². The Morgan fingerprint density at radius 1 is 0.640 bits per heavy atom. The van der Waals surface area contributed by atoms with Crippen LogP contribution in [0.5, 0.6) is 23.0 Å². The van der Waals surface area contributed by atoms with Crippen LogP contribution in [0, 0.1) is 11.6 Å². The average Bonchev–Trinajstić information content (AvgIpc) is 0.960. The van der Waals surface area contributed by atoms with E-state index in [-0.39, 0.29) is 89.9 Å². The van der Waals surface area contributed by atoms with E-state index in [4.69, 9.17) is 73.7 Å². The second kappa shape index (κ2) is 30.6. The van der Waals surface area contributed by atoms with Gasteiger partial charge >= 0.3 is 18.2 Å². The number of alkyl carbamates (subject to hydrolysis) is 1. The van der Waals surface area contributed by atoms with Crippen LogP contribution in [-0.2, 0) is 27.0 Å². The second-order valence-electron chi connectivity index (χ2n) is 21.4. The Hall–Kier alpha value is -6.93. The molecule has 0 aliphatic heterocycles. The van der Waals surface area contributed by atoms with Crippen molar-refractivity contribution >= 4 is 53.5 Å². The Kier molecular flexibility index (Phi) is 26.1. The lowest BCUT2D eigenvalue weighted by molar-refractivity contribution is -0.263. The minimum absolute atomic E-state index is 0. The van der Waals surface area contributed by atoms with Crippen molar-refractivity contribution in [2.45, 2.75) is 102 Å². The standard InChI is InChI=1S/C28H32ClFN2O5.C22H26ClF4N3O3.C10H12O5.ClH/c1-27(2,31)19-15-22(17-5-7-21(30)20(29)13-17)32-26(16-19)28(3,35)10-9-23(34)18-6-8-24(37-12-11-33)25(14-18)36-4;1-19(2,3)33-18(31)30-20(4,5)13-9-16(12-6-7-15(24)14(23)8-12)29-17(10-13)21(32,11-28)22(25,26)27;1-14-9-6-7(10(12)13)2-3-8(9)15-5-4-11;/h5-8,13-16,33,35H,9-12,31H2,1-4H3;6-10,32H,11,28H2,1-5H3,(H,30,31);2-3,6,11H,4-5H2,1H3,(H,12,13);1H. The molecule has 2 atom stereocenters. The van der Waals surface area contributed by atoms with Crippen molar-refractivity contribution in [1.29, 1.82) is 0 Å². The summed E-state index contributed by atoms with van der Waals surface area (Å²) in [6.45, 7) is 12.1. The highest BCUT2D eigenvalue weighted by molar-refractivity contribution is 6.31. The molecule has 10 N–H and O–H groups in total. The molecule has 2 aromatic heterocycles. The Balaban J connectivity index is 0.000000363. The van der Waals surface area contributed by atoms with Crippen molar-refractivity contribution in [3.63, 3.8) is 0 Å². The molecule has 4 aromatic carbocycles. The molecule has 0 spiro atoms. The normalized spacial score (nSPS) is 13.0. The number of nitrogens with one attached hydrogen (secondary N) is 1. The lowest BCUT2D eigenvalue weighted by Gasteiger charge is -2.32. The van der Waals surface area contributed by atoms with Gasteiger partial charge in [-0.25, -0.2) is 28.3 Å². The van der Waals surface area contributed by atoms with Crippen molar-refractivity contribution in [2.75, 3.05) is 47.2 Å². The fraction of sp³-hybridized carbons (Fsp3) is 0.383. The summed E-state index contributed by atoms with van der Waals surface area (Å²) in [4.78, 5) is 44.5. The number of nitrogens with zero attached hydrogens (tertiary/aromatic N) is 2. The van der Waals surface area contributed by atoms with E-state index in [2.05, 4.69) is 15.3 Å². The van der Waals surface area contributed by atoms with Crippen molar-refractivity contribution < 1.29 is 85.6 Å². The first-order valence-electron chi connectivity index (χ1n) is 26.0. The number of methoxy groups -OCH3 is 2. The lowest BCUT2D eigenvalue weighted by atomic mass is 9.88. The zero-order valence-corrected chi connectivity index (χ0v) is 51.1. The zero-order valence-electron chi connectivity index (χ0n) is 48.8. The van der Waals surface area contributed by atoms with Crippen LogP contribution >= 0.6 is 35.6 Å². The van der Waals surface area contributed by atoms with Gasteiger partial charge in [0.1, 0.15) is 36.1 Å². The summed E-state index contributed by atoms with van der Waals surface area (Å²) in [5.74, 6) is -0.962. The van der Waals surface area contributed by atoms with Crippen LogP contribution in [0.2, 0.25) is 10.0 Å². The number of carbonyl (C=O) groups is 3. The van der Waals surface area contributed by atoms with Gasteiger partial charge in [-0.2, -0.15) is 13.2 Å². The maximum absolute atomic E-state index is 13.7. The number of benzene rings is 4. The van der Waals surface area contributed by atoms with Gasteiger partial charge in [0.25, 0.3) is 0 Å². The topological polar surface area (TPSA) is 288 Å². The molecule has 1 amide bonds. The number of aliphatic hydroxyl groups is 4. The predicted octanol–water partition coefficient (Wildman–Crippen LogP) is 11.2. The third-order valence-corrected chi connectivity index (χ3v) is 13.1. The number of ketones is 1. The monoisotopic (exact) mass is 1270 g/mol. The molecule has 6 rings (SSSR count). The number of ether oxygens (including phenoxy) is 5. The van der Waals surface area contributed by atoms with Crippen LogP contribution in [0.1, 0.15) is 111 Å². The quantitative estimate of drug-likeness (QED) is 0.0245. The van der Waals surface area contributed by atoms with Crippen molar-refractivity contribution in [3.8, 4) is 45.5 Å². The number of carbonyl (C=O) groups excluding carboxylic acids is 2. The lowest BCUT2D eigenvalue weighted by Crippen LogP contribution is -2.49. The zero-order chi connectivity index (χ0) is 64.0. The Morgan fingerprint density at radius 2 is 1.09 bits per heavy atom. The van der Waals surface area contributed by atoms with Crippen molar-refractivity contribution in [3.05, 3.63) is 152 Å². The van der Waals surface area contributed by atoms with Crippen LogP contribution in [0.15, 0.2) is 97.1 Å². The molecule has 0 radical (unpaired) electrons. The first-order valence-corrected chi connectivity index (χ1v) is 26.8. The molecule has 18 nitrogen and oxygen atoms in total. The van der Waals surface area contributed by atoms with E-state index in [1.807, 2.05) is 13.8 Å². The molecular weight excluding hydrogens is 1200 g/mol. The Bertz CT molecular complexity index is 3310. The summed E-state index contributed by atoms with van der Waals surface area (Å²) < 4.78 is 94.6. The van der Waals surface area contributed by atoms with Crippen molar-refractivity contribution in [2.24, 2.45) is 11.5 Å². The van der Waals surface area contributed by atoms with E-state index in [9.17, 15) is 46.5 Å². The summed E-state index contributed by atoms with van der Waals surface area (Å²) in [7, 11) is 2.89. The Morgan fingerprint density at radius 3 is 1.51 bits per heavy atom. The maximum atomic E-state index is 13.7. The first-order chi connectivity index (χ1) is 39.4. The molecular formula is C60H71Cl3F5N5O13. The first kappa shape index (κ1) is 73.3. The maximum Gasteiger partial charge on any atom is 0.424 e. The number of aliphatic hydroxyl groups excluding tert-OH is 2. The summed E-state index contributed by atoms with van der Waals surface area (Å²) >= 11 is 11.8. The highest BCUT2D eigenvalue weighted by Crippen LogP contribution is 2.41. The number of rotatable bonds is 21. The number of aromatic carboxylic acids is 1. The number of carboxylic acids is 1. The van der Waals surface area contributed by atoms with Crippen molar-refractivity contribution in [1.82, 2.24) is 15.3 Å². The number of nitrogens with two attached hydrogens (primary N) is 2. The molecule has 0 aliphatic carbocycles. The molecule has 2 heterocycles. The molecule has 6 aromatic rings. The number of alkyl halides is 3. The molecule has 2 unspecified atom stereocenters. The summed E-state index contributed by atoms with van der Waals surface area (Å²) in [5, 5.41) is 50.3. The summed E-state index contributed by atoms with van der Waals surface area (Å²) in [5.41, 5.74) is 6.02. The van der Waals surface area contributed by atoms with Crippen LogP contribution < -0.4 is 35.7 Å². The minimum Gasteiger partial charge on any atom is -0.493 e. The number of carboxylic acid groups (broad SMARTS) is 1. The third kappa shape index (κ3) is 20.1. The molecule has 0 saturated carbocycles. The van der Waals surface area contributed by atoms with Crippen LogP contribution in [0.25, 0.3) is 22.5 Å². The van der Waals surface area contributed by atoms with Gasteiger partial charge in [-0.1, -0.05) is 23.2 Å². The molecule has 86 heavy (non-hydrogen) atoms. The van der Waals surface area contributed by atoms with Crippen LogP contribution in [0.3, 0.4) is 0 Å². The highest BCUT2D eigenvalue weighted by atomic mass is 35.5. The Labute approximate surface area is 510 Å².